The van der Waals surface area contributed by atoms with Crippen LogP contribution in [0.5, 0.6) is 0 Å². The van der Waals surface area contributed by atoms with E-state index in [1.807, 2.05) is 97.1 Å². The number of nitrogens with zero attached hydrogens (tertiary/aromatic N) is 1. The zero-order valence-electron chi connectivity index (χ0n) is 17.3. The molecule has 0 heterocycles. The summed E-state index contributed by atoms with van der Waals surface area (Å²) in [5, 5.41) is 11.9. The van der Waals surface area contributed by atoms with Crippen LogP contribution >= 0.6 is 0 Å². The molecule has 0 unspecified atom stereocenters. The molecule has 156 valence electrons. The molecule has 0 saturated carbocycles. The van der Waals surface area contributed by atoms with Crippen molar-refractivity contribution in [2.24, 2.45) is 0 Å². The summed E-state index contributed by atoms with van der Waals surface area (Å²) in [5.41, 5.74) is 1.12. The van der Waals surface area contributed by atoms with Crippen LogP contribution in [0, 0.1) is 11.3 Å². The second-order valence-electron chi connectivity index (χ2n) is 7.09. The zero-order chi connectivity index (χ0) is 22.1. The molecule has 1 amide bonds. The molecule has 0 bridgehead atoms. The fourth-order valence-corrected chi connectivity index (χ4v) is 3.82. The topological polar surface area (TPSA) is 79.2 Å². The molecule has 0 aliphatic carbocycles. The van der Waals surface area contributed by atoms with Crippen LogP contribution in [0.4, 0.5) is 0 Å². The number of hydrogen-bond donors (Lipinski definition) is 1. The van der Waals surface area contributed by atoms with E-state index in [0.29, 0.717) is 0 Å². The Morgan fingerprint density at radius 1 is 0.871 bits per heavy atom. The number of rotatable bonds is 8. The number of nitrogens with one attached hydrogen (secondary N) is 1. The van der Waals surface area contributed by atoms with Crippen molar-refractivity contribution in [3.8, 4) is 6.07 Å². The van der Waals surface area contributed by atoms with Gasteiger partial charge in [0.15, 0.2) is 0 Å². The van der Waals surface area contributed by atoms with Crippen LogP contribution in [-0.4, -0.2) is 25.0 Å². The van der Waals surface area contributed by atoms with Gasteiger partial charge >= 0.3 is 5.97 Å². The molecule has 3 rings (SSSR count). The average Bonchev–Trinajstić information content (AvgIpc) is 2.84. The van der Waals surface area contributed by atoms with Gasteiger partial charge in [-0.3, -0.25) is 4.79 Å². The van der Waals surface area contributed by atoms with Gasteiger partial charge in [-0.05, 0) is 23.1 Å². The van der Waals surface area contributed by atoms with E-state index >= 15 is 0 Å². The zero-order valence-corrected chi connectivity index (χ0v) is 17.3. The highest BCUT2D eigenvalue weighted by Crippen LogP contribution is 2.39. The van der Waals surface area contributed by atoms with Crippen LogP contribution in [0.1, 0.15) is 29.5 Å². The Labute approximate surface area is 182 Å². The fraction of sp³-hybridized carbons (Fsp3) is 0.192. The lowest BCUT2D eigenvalue weighted by atomic mass is 9.68. The minimum Gasteiger partial charge on any atom is -0.467 e. The van der Waals surface area contributed by atoms with Crippen LogP contribution in [-0.2, 0) is 19.7 Å². The highest BCUT2D eigenvalue weighted by atomic mass is 16.5. The number of benzene rings is 3. The van der Waals surface area contributed by atoms with Gasteiger partial charge in [0.05, 0.1) is 13.2 Å². The minimum atomic E-state index is -1.19. The van der Waals surface area contributed by atoms with Crippen molar-refractivity contribution in [2.75, 3.05) is 7.11 Å². The molecule has 31 heavy (non-hydrogen) atoms. The van der Waals surface area contributed by atoms with Crippen molar-refractivity contribution < 1.29 is 14.3 Å². The summed E-state index contributed by atoms with van der Waals surface area (Å²) in [5.74, 6) is -0.934. The molecular formula is C26H24N2O3. The number of esters is 1. The Kier molecular flexibility index (Phi) is 7.18. The first-order chi connectivity index (χ1) is 15.1. The maximum atomic E-state index is 14.1. The minimum absolute atomic E-state index is 0.120. The normalized spacial score (nSPS) is 11.7. The van der Waals surface area contributed by atoms with Gasteiger partial charge in [0, 0.05) is 6.42 Å². The molecule has 0 aliphatic rings. The predicted octanol–water partition coefficient (Wildman–Crippen LogP) is 3.98. The van der Waals surface area contributed by atoms with Crippen molar-refractivity contribution in [3.05, 3.63) is 108 Å². The van der Waals surface area contributed by atoms with E-state index in [1.54, 1.807) is 0 Å². The highest BCUT2D eigenvalue weighted by molar-refractivity contribution is 5.98. The van der Waals surface area contributed by atoms with Crippen LogP contribution in [0.2, 0.25) is 0 Å². The summed E-state index contributed by atoms with van der Waals surface area (Å²) in [6.45, 7) is 0. The number of carbonyl (C=O) groups is 2. The van der Waals surface area contributed by atoms with Gasteiger partial charge in [-0.25, -0.2) is 4.79 Å². The Morgan fingerprint density at radius 2 is 1.29 bits per heavy atom. The Bertz CT molecular complexity index is 948. The van der Waals surface area contributed by atoms with Crippen LogP contribution in [0.25, 0.3) is 0 Å². The maximum absolute atomic E-state index is 14.1. The van der Waals surface area contributed by atoms with Crippen molar-refractivity contribution >= 4 is 11.9 Å². The summed E-state index contributed by atoms with van der Waals surface area (Å²) in [4.78, 5) is 26.4. The van der Waals surface area contributed by atoms with Crippen molar-refractivity contribution in [2.45, 2.75) is 24.3 Å². The molecule has 0 aromatic heterocycles. The number of ether oxygens (including phenoxy) is 1. The summed E-state index contributed by atoms with van der Waals surface area (Å²) in [6, 6.07) is 29.5. The van der Waals surface area contributed by atoms with Crippen LogP contribution in [0.15, 0.2) is 91.0 Å². The molecule has 3 aromatic carbocycles. The van der Waals surface area contributed by atoms with E-state index in [2.05, 4.69) is 5.32 Å². The first kappa shape index (κ1) is 21.8. The summed E-state index contributed by atoms with van der Waals surface area (Å²) in [7, 11) is 1.27. The second-order valence-corrected chi connectivity index (χ2v) is 7.09. The van der Waals surface area contributed by atoms with E-state index in [0.717, 1.165) is 16.7 Å². The van der Waals surface area contributed by atoms with Gasteiger partial charge in [-0.2, -0.15) is 5.26 Å². The number of nitriles is 1. The average molecular weight is 412 g/mol. The molecule has 1 atom stereocenters. The Morgan fingerprint density at radius 3 is 1.65 bits per heavy atom. The number of methoxy groups -OCH3 is 1. The maximum Gasteiger partial charge on any atom is 0.328 e. The molecule has 1 N–H and O–H groups in total. The van der Waals surface area contributed by atoms with Crippen molar-refractivity contribution in [3.63, 3.8) is 0 Å². The predicted molar refractivity (Wildman–Crippen MR) is 118 cm³/mol. The van der Waals surface area contributed by atoms with E-state index in [9.17, 15) is 9.59 Å². The monoisotopic (exact) mass is 412 g/mol. The van der Waals surface area contributed by atoms with E-state index in [4.69, 9.17) is 10.00 Å². The van der Waals surface area contributed by atoms with Crippen molar-refractivity contribution in [1.29, 1.82) is 5.26 Å². The first-order valence-corrected chi connectivity index (χ1v) is 10.1. The lowest BCUT2D eigenvalue weighted by molar-refractivity contribution is -0.145. The Balaban J connectivity index is 2.21. The van der Waals surface area contributed by atoms with Crippen molar-refractivity contribution in [1.82, 2.24) is 5.32 Å². The highest BCUT2D eigenvalue weighted by Gasteiger charge is 2.45. The molecule has 0 spiro atoms. The largest absolute Gasteiger partial charge is 0.467 e. The third kappa shape index (κ3) is 4.49. The third-order valence-electron chi connectivity index (χ3n) is 5.30. The standard InChI is InChI=1S/C26H24N2O3/c1-31-24(29)23(18-11-19-27)28-25(30)26(20-12-5-2-6-13-20,21-14-7-3-8-15-21)22-16-9-4-10-17-22/h2-10,12-17,23H,11,18H2,1H3,(H,28,30)/t23-/m1/s1. The van der Waals surface area contributed by atoms with Gasteiger partial charge in [0.1, 0.15) is 11.5 Å². The number of hydrogen-bond acceptors (Lipinski definition) is 4. The third-order valence-corrected chi connectivity index (χ3v) is 5.30. The van der Waals surface area contributed by atoms with Gasteiger partial charge in [0.2, 0.25) is 5.91 Å². The smallest absolute Gasteiger partial charge is 0.328 e. The molecule has 0 fully saturated rings. The van der Waals surface area contributed by atoms with Gasteiger partial charge in [-0.15, -0.1) is 0 Å². The SMILES string of the molecule is COC(=O)[C@@H](CCC#N)NC(=O)C(c1ccccc1)(c1ccccc1)c1ccccc1. The van der Waals surface area contributed by atoms with Gasteiger partial charge in [-0.1, -0.05) is 91.0 Å². The number of amides is 1. The molecular weight excluding hydrogens is 388 g/mol. The molecule has 0 radical (unpaired) electrons. The van der Waals surface area contributed by atoms with E-state index < -0.39 is 17.4 Å². The number of carbonyl (C=O) groups excluding carboxylic acids is 2. The lowest BCUT2D eigenvalue weighted by Gasteiger charge is -2.35. The molecule has 0 aliphatic heterocycles. The quantitative estimate of drug-likeness (QED) is 0.448. The lowest BCUT2D eigenvalue weighted by Crippen LogP contribution is -2.52. The molecule has 3 aromatic rings. The molecule has 5 heteroatoms. The molecule has 5 nitrogen and oxygen atoms in total. The second kappa shape index (κ2) is 10.2. The Hall–Kier alpha value is -3.91. The van der Waals surface area contributed by atoms with E-state index in [1.165, 1.54) is 7.11 Å². The summed E-state index contributed by atoms with van der Waals surface area (Å²) < 4.78 is 4.88. The molecule has 0 saturated heterocycles. The summed E-state index contributed by atoms with van der Waals surface area (Å²) in [6.07, 6.45) is 0.290. The summed E-state index contributed by atoms with van der Waals surface area (Å²) >= 11 is 0. The van der Waals surface area contributed by atoms with Crippen LogP contribution in [0.3, 0.4) is 0 Å². The fourth-order valence-electron chi connectivity index (χ4n) is 3.82. The van der Waals surface area contributed by atoms with Crippen LogP contribution < -0.4 is 5.32 Å². The van der Waals surface area contributed by atoms with Gasteiger partial charge in [0.25, 0.3) is 0 Å². The van der Waals surface area contributed by atoms with Gasteiger partial charge < -0.3 is 10.1 Å². The van der Waals surface area contributed by atoms with E-state index in [-0.39, 0.29) is 18.7 Å². The first-order valence-electron chi connectivity index (χ1n) is 10.1.